The van der Waals surface area contributed by atoms with Crippen molar-refractivity contribution in [3.05, 3.63) is 76.6 Å². The second kappa shape index (κ2) is 5.74. The van der Waals surface area contributed by atoms with Gasteiger partial charge in [-0.25, -0.2) is 0 Å². The zero-order valence-electron chi connectivity index (χ0n) is 10.6. The number of hydrogen-bond acceptors (Lipinski definition) is 2. The van der Waals surface area contributed by atoms with E-state index < -0.39 is 6.29 Å². The molecule has 2 aromatic rings. The summed E-state index contributed by atoms with van der Waals surface area (Å²) < 4.78 is 11.7. The highest BCUT2D eigenvalue weighted by Crippen LogP contribution is 2.42. The Morgan fingerprint density at radius 1 is 0.950 bits per heavy atom. The molecular formula is C16H13Cl2O2. The molecule has 103 valence electrons. The summed E-state index contributed by atoms with van der Waals surface area (Å²) in [6.07, 6.45) is -1.04. The Balaban J connectivity index is 1.85. The zero-order valence-corrected chi connectivity index (χ0v) is 12.1. The molecule has 0 N–H and O–H groups in total. The molecule has 0 bridgehead atoms. The van der Waals surface area contributed by atoms with Crippen molar-refractivity contribution in [2.24, 2.45) is 0 Å². The lowest BCUT2D eigenvalue weighted by Crippen LogP contribution is -2.11. The molecule has 1 aliphatic rings. The summed E-state index contributed by atoms with van der Waals surface area (Å²) in [5.74, 6) is 0. The fourth-order valence-corrected chi connectivity index (χ4v) is 2.77. The molecule has 20 heavy (non-hydrogen) atoms. The average molecular weight is 308 g/mol. The summed E-state index contributed by atoms with van der Waals surface area (Å²) in [5.41, 5.74) is 1.81. The molecule has 0 spiro atoms. The summed E-state index contributed by atoms with van der Waals surface area (Å²) in [7, 11) is 0. The van der Waals surface area contributed by atoms with Crippen LogP contribution in [-0.2, 0) is 9.47 Å². The van der Waals surface area contributed by atoms with Gasteiger partial charge in [-0.3, -0.25) is 0 Å². The van der Waals surface area contributed by atoms with Crippen LogP contribution in [0.3, 0.4) is 0 Å². The Labute approximate surface area is 128 Å². The van der Waals surface area contributed by atoms with Gasteiger partial charge in [-0.1, -0.05) is 59.6 Å². The highest BCUT2D eigenvalue weighted by atomic mass is 35.5. The largest absolute Gasteiger partial charge is 0.342 e. The normalized spacial score (nSPS) is 25.9. The van der Waals surface area contributed by atoms with Crippen LogP contribution in [0.2, 0.25) is 10.0 Å². The van der Waals surface area contributed by atoms with Crippen molar-refractivity contribution in [1.82, 2.24) is 0 Å². The van der Waals surface area contributed by atoms with Crippen molar-refractivity contribution in [3.8, 4) is 0 Å². The number of halogens is 2. The third-order valence-electron chi connectivity index (χ3n) is 3.25. The van der Waals surface area contributed by atoms with Crippen molar-refractivity contribution < 1.29 is 9.47 Å². The van der Waals surface area contributed by atoms with Gasteiger partial charge in [0.05, 0.1) is 6.10 Å². The van der Waals surface area contributed by atoms with Crippen LogP contribution in [-0.4, -0.2) is 6.10 Å². The summed E-state index contributed by atoms with van der Waals surface area (Å²) in [4.78, 5) is 0. The van der Waals surface area contributed by atoms with Crippen molar-refractivity contribution in [2.75, 3.05) is 0 Å². The van der Waals surface area contributed by atoms with Crippen LogP contribution >= 0.6 is 23.2 Å². The minimum atomic E-state index is -0.421. The van der Waals surface area contributed by atoms with Crippen LogP contribution in [0, 0.1) is 6.92 Å². The third kappa shape index (κ3) is 2.70. The lowest BCUT2D eigenvalue weighted by molar-refractivity contribution is -0.0657. The van der Waals surface area contributed by atoms with Crippen LogP contribution < -0.4 is 0 Å². The van der Waals surface area contributed by atoms with Gasteiger partial charge in [-0.05, 0) is 19.1 Å². The number of hydrogen-bond donors (Lipinski definition) is 0. The molecule has 3 atom stereocenters. The van der Waals surface area contributed by atoms with Crippen LogP contribution in [0.4, 0.5) is 0 Å². The predicted octanol–water partition coefficient (Wildman–Crippen LogP) is 4.98. The minimum Gasteiger partial charge on any atom is -0.342 e. The maximum absolute atomic E-state index is 6.22. The summed E-state index contributed by atoms with van der Waals surface area (Å²) >= 11 is 12.1. The number of rotatable bonds is 2. The first-order valence-corrected chi connectivity index (χ1v) is 7.04. The van der Waals surface area contributed by atoms with Crippen molar-refractivity contribution in [1.29, 1.82) is 0 Å². The molecule has 2 aromatic carbocycles. The van der Waals surface area contributed by atoms with E-state index in [0.717, 1.165) is 11.1 Å². The molecule has 0 aromatic heterocycles. The van der Waals surface area contributed by atoms with E-state index in [1.807, 2.05) is 36.4 Å². The Morgan fingerprint density at radius 3 is 2.40 bits per heavy atom. The van der Waals surface area contributed by atoms with Gasteiger partial charge in [-0.2, -0.15) is 0 Å². The van der Waals surface area contributed by atoms with Gasteiger partial charge in [0.1, 0.15) is 6.10 Å². The maximum Gasteiger partial charge on any atom is 0.185 e. The second-order valence-corrected chi connectivity index (χ2v) is 5.48. The van der Waals surface area contributed by atoms with E-state index in [1.54, 1.807) is 12.1 Å². The van der Waals surface area contributed by atoms with E-state index in [1.165, 1.54) is 0 Å². The van der Waals surface area contributed by atoms with E-state index in [4.69, 9.17) is 32.7 Å². The third-order valence-corrected chi connectivity index (χ3v) is 3.81. The van der Waals surface area contributed by atoms with E-state index >= 15 is 0 Å². The van der Waals surface area contributed by atoms with Crippen molar-refractivity contribution in [2.45, 2.75) is 18.5 Å². The SMILES string of the molecule is [CH2]C1OC(c2ccccc2)OC1c1ccc(Cl)cc1Cl. The minimum absolute atomic E-state index is 0.301. The fourth-order valence-electron chi connectivity index (χ4n) is 2.26. The monoisotopic (exact) mass is 307 g/mol. The second-order valence-electron chi connectivity index (χ2n) is 4.64. The lowest BCUT2D eigenvalue weighted by atomic mass is 10.1. The van der Waals surface area contributed by atoms with Gasteiger partial charge < -0.3 is 9.47 Å². The highest BCUT2D eigenvalue weighted by Gasteiger charge is 2.36. The molecule has 0 aliphatic carbocycles. The first-order valence-electron chi connectivity index (χ1n) is 6.29. The van der Waals surface area contributed by atoms with Gasteiger partial charge in [-0.15, -0.1) is 0 Å². The van der Waals surface area contributed by atoms with Gasteiger partial charge in [0, 0.05) is 21.2 Å². The molecule has 0 saturated carbocycles. The summed E-state index contributed by atoms with van der Waals surface area (Å²) in [5, 5.41) is 1.16. The number of ether oxygens (including phenoxy) is 2. The molecular weight excluding hydrogens is 295 g/mol. The van der Waals surface area contributed by atoms with E-state index in [0.29, 0.717) is 10.0 Å². The van der Waals surface area contributed by atoms with Crippen molar-refractivity contribution >= 4 is 23.2 Å². The zero-order chi connectivity index (χ0) is 14.1. The first kappa shape index (κ1) is 13.9. The fraction of sp³-hybridized carbons (Fsp3) is 0.188. The Hall–Kier alpha value is -1.06. The van der Waals surface area contributed by atoms with Crippen LogP contribution in [0.1, 0.15) is 23.5 Å². The molecule has 4 heteroatoms. The van der Waals surface area contributed by atoms with Crippen LogP contribution in [0.5, 0.6) is 0 Å². The molecule has 0 amide bonds. The quantitative estimate of drug-likeness (QED) is 0.778. The van der Waals surface area contributed by atoms with Crippen LogP contribution in [0.15, 0.2) is 48.5 Å². The molecule has 1 saturated heterocycles. The predicted molar refractivity (Wildman–Crippen MR) is 79.7 cm³/mol. The van der Waals surface area contributed by atoms with Crippen LogP contribution in [0.25, 0.3) is 0 Å². The lowest BCUT2D eigenvalue weighted by Gasteiger charge is -2.15. The Kier molecular flexibility index (Phi) is 3.99. The summed E-state index contributed by atoms with van der Waals surface area (Å²) in [6, 6.07) is 15.1. The van der Waals surface area contributed by atoms with E-state index in [9.17, 15) is 0 Å². The Morgan fingerprint density at radius 2 is 1.70 bits per heavy atom. The first-order chi connectivity index (χ1) is 9.65. The maximum atomic E-state index is 6.22. The topological polar surface area (TPSA) is 18.5 Å². The van der Waals surface area contributed by atoms with Gasteiger partial charge in [0.2, 0.25) is 0 Å². The molecule has 1 fully saturated rings. The molecule has 1 heterocycles. The van der Waals surface area contributed by atoms with Gasteiger partial charge in [0.15, 0.2) is 6.29 Å². The molecule has 3 unspecified atom stereocenters. The molecule has 3 rings (SSSR count). The number of benzene rings is 2. The summed E-state index contributed by atoms with van der Waals surface area (Å²) in [6.45, 7) is 4.00. The van der Waals surface area contributed by atoms with E-state index in [2.05, 4.69) is 6.92 Å². The average Bonchev–Trinajstić information content (AvgIpc) is 2.82. The standard InChI is InChI=1S/C16H13Cl2O2/c1-10-15(13-8-7-12(17)9-14(13)18)20-16(19-10)11-5-3-2-4-6-11/h2-10,15-16H,1H2. The molecule has 1 aliphatic heterocycles. The van der Waals surface area contributed by atoms with E-state index in [-0.39, 0.29) is 12.2 Å². The smallest absolute Gasteiger partial charge is 0.185 e. The Bertz CT molecular complexity index is 601. The molecule has 2 nitrogen and oxygen atoms in total. The van der Waals surface area contributed by atoms with Gasteiger partial charge in [0.25, 0.3) is 0 Å². The molecule has 1 radical (unpaired) electrons. The van der Waals surface area contributed by atoms with Gasteiger partial charge >= 0.3 is 0 Å². The highest BCUT2D eigenvalue weighted by molar-refractivity contribution is 6.35. The van der Waals surface area contributed by atoms with Crippen molar-refractivity contribution in [3.63, 3.8) is 0 Å².